The van der Waals surface area contributed by atoms with Crippen LogP contribution in [0.1, 0.15) is 23.4 Å². The second-order valence-corrected chi connectivity index (χ2v) is 10.7. The Bertz CT molecular complexity index is 1510. The molecule has 3 heterocycles. The number of benzene rings is 2. The first kappa shape index (κ1) is 21.8. The second-order valence-electron chi connectivity index (χ2n) is 7.57. The third-order valence-corrected chi connectivity index (χ3v) is 8.25. The summed E-state index contributed by atoms with van der Waals surface area (Å²) in [5, 5.41) is 4.92. The van der Waals surface area contributed by atoms with Crippen LogP contribution in [0.25, 0.3) is 15.2 Å². The molecule has 5 aromatic rings. The first-order valence-corrected chi connectivity index (χ1v) is 13.1. The lowest BCUT2D eigenvalue weighted by atomic mass is 10.1. The highest BCUT2D eigenvalue weighted by Crippen LogP contribution is 2.32. The maximum atomic E-state index is 12.4. The molecule has 3 aromatic heterocycles. The molecular weight excluding hydrogens is 472 g/mol. The van der Waals surface area contributed by atoms with Crippen LogP contribution in [0.3, 0.4) is 0 Å². The van der Waals surface area contributed by atoms with Gasteiger partial charge in [0.05, 0.1) is 15.9 Å². The lowest BCUT2D eigenvalue weighted by molar-refractivity contribution is -0.116. The molecule has 0 saturated heterocycles. The summed E-state index contributed by atoms with van der Waals surface area (Å²) in [7, 11) is 0. The molecule has 33 heavy (non-hydrogen) atoms. The number of thiazole rings is 2. The molecule has 2 aromatic carbocycles. The summed E-state index contributed by atoms with van der Waals surface area (Å²) in [6.45, 7) is 1.90. The molecule has 1 amide bonds. The van der Waals surface area contributed by atoms with Gasteiger partial charge < -0.3 is 5.32 Å². The quantitative estimate of drug-likeness (QED) is 0.302. The van der Waals surface area contributed by atoms with Crippen LogP contribution >= 0.6 is 34.4 Å². The highest BCUT2D eigenvalue weighted by Gasteiger charge is 2.11. The van der Waals surface area contributed by atoms with Gasteiger partial charge in [0.1, 0.15) is 0 Å². The van der Waals surface area contributed by atoms with E-state index in [0.717, 1.165) is 37.2 Å². The van der Waals surface area contributed by atoms with Gasteiger partial charge in [-0.1, -0.05) is 42.1 Å². The average Bonchev–Trinajstić information content (AvgIpc) is 3.40. The van der Waals surface area contributed by atoms with Crippen LogP contribution < -0.4 is 10.9 Å². The van der Waals surface area contributed by atoms with Crippen LogP contribution in [0.5, 0.6) is 0 Å². The van der Waals surface area contributed by atoms with Crippen LogP contribution in [-0.2, 0) is 17.0 Å². The fraction of sp³-hybridized carbons (Fsp3) is 0.167. The van der Waals surface area contributed by atoms with Crippen molar-refractivity contribution in [1.82, 2.24) is 14.4 Å². The number of carbonyl (C=O) groups excluding carboxylic acids is 1. The Balaban J connectivity index is 1.23. The van der Waals surface area contributed by atoms with E-state index < -0.39 is 0 Å². The fourth-order valence-electron chi connectivity index (χ4n) is 3.48. The van der Waals surface area contributed by atoms with Gasteiger partial charge in [-0.05, 0) is 37.1 Å². The monoisotopic (exact) mass is 492 g/mol. The summed E-state index contributed by atoms with van der Waals surface area (Å²) in [5.74, 6) is 0.569. The Morgan fingerprint density at radius 1 is 1.12 bits per heavy atom. The van der Waals surface area contributed by atoms with Crippen LogP contribution in [0.4, 0.5) is 5.69 Å². The molecule has 0 aliphatic heterocycles. The minimum atomic E-state index is -0.0497. The van der Waals surface area contributed by atoms with Gasteiger partial charge in [-0.25, -0.2) is 9.97 Å². The van der Waals surface area contributed by atoms with E-state index in [4.69, 9.17) is 0 Å². The molecule has 0 atom stereocenters. The Hall–Kier alpha value is -3.01. The molecule has 0 bridgehead atoms. The Morgan fingerprint density at radius 3 is 2.82 bits per heavy atom. The van der Waals surface area contributed by atoms with Crippen LogP contribution in [0.15, 0.2) is 69.1 Å². The molecule has 0 fully saturated rings. The van der Waals surface area contributed by atoms with Gasteiger partial charge >= 0.3 is 0 Å². The smallest absolute Gasteiger partial charge is 0.258 e. The van der Waals surface area contributed by atoms with Gasteiger partial charge in [0.15, 0.2) is 9.30 Å². The molecule has 0 radical (unpaired) electrons. The minimum absolute atomic E-state index is 0.00566. The van der Waals surface area contributed by atoms with Gasteiger partial charge in [-0.2, -0.15) is 0 Å². The predicted molar refractivity (Wildman–Crippen MR) is 137 cm³/mol. The maximum Gasteiger partial charge on any atom is 0.258 e. The highest BCUT2D eigenvalue weighted by atomic mass is 32.2. The van der Waals surface area contributed by atoms with Crippen molar-refractivity contribution in [3.63, 3.8) is 0 Å². The van der Waals surface area contributed by atoms with Gasteiger partial charge in [0.25, 0.3) is 5.56 Å². The number of fused-ring (bicyclic) bond motifs is 2. The van der Waals surface area contributed by atoms with Crippen molar-refractivity contribution in [1.29, 1.82) is 0 Å². The molecule has 1 N–H and O–H groups in total. The number of thioether (sulfide) groups is 1. The molecule has 0 spiro atoms. The third kappa shape index (κ3) is 5.00. The summed E-state index contributed by atoms with van der Waals surface area (Å²) < 4.78 is 3.55. The topological polar surface area (TPSA) is 76.4 Å². The number of nitrogens with one attached hydrogen (secondary N) is 1. The van der Waals surface area contributed by atoms with Crippen molar-refractivity contribution in [3.8, 4) is 0 Å². The van der Waals surface area contributed by atoms with E-state index in [1.165, 1.54) is 11.3 Å². The van der Waals surface area contributed by atoms with Gasteiger partial charge in [0, 0.05) is 35.0 Å². The highest BCUT2D eigenvalue weighted by molar-refractivity contribution is 8.00. The zero-order valence-electron chi connectivity index (χ0n) is 17.8. The van der Waals surface area contributed by atoms with Crippen LogP contribution in [0, 0.1) is 6.92 Å². The molecule has 0 saturated carbocycles. The largest absolute Gasteiger partial charge is 0.326 e. The summed E-state index contributed by atoms with van der Waals surface area (Å²) in [6.07, 6.45) is 1.15. The van der Waals surface area contributed by atoms with E-state index in [0.29, 0.717) is 23.6 Å². The fourth-order valence-corrected chi connectivity index (χ4v) is 6.37. The molecule has 5 rings (SSSR count). The molecule has 9 heteroatoms. The Kier molecular flexibility index (Phi) is 6.26. The van der Waals surface area contributed by atoms with Crippen LogP contribution in [-0.4, -0.2) is 20.3 Å². The first-order valence-electron chi connectivity index (χ1n) is 10.4. The summed E-state index contributed by atoms with van der Waals surface area (Å²) in [4.78, 5) is 34.7. The number of aryl methyl sites for hydroxylation is 2. The summed E-state index contributed by atoms with van der Waals surface area (Å²) >= 11 is 4.61. The standard InChI is InChI=1S/C24H20N4O2S3/c1-15-13-31-23-26-18(12-22(30)28(15)23)14-32-24-27-19-9-8-17(11-20(19)33-24)25-21(29)10-7-16-5-3-2-4-6-16/h2-6,8-9,11-13H,7,10,14H2,1H3,(H,25,29). The summed E-state index contributed by atoms with van der Waals surface area (Å²) in [5.41, 5.74) is 4.42. The first-order chi connectivity index (χ1) is 16.0. The average molecular weight is 493 g/mol. The molecule has 166 valence electrons. The Morgan fingerprint density at radius 2 is 1.97 bits per heavy atom. The number of carbonyl (C=O) groups is 1. The number of aromatic nitrogens is 3. The zero-order valence-corrected chi connectivity index (χ0v) is 20.2. The molecule has 6 nitrogen and oxygen atoms in total. The van der Waals surface area contributed by atoms with Crippen molar-refractivity contribution in [3.05, 3.63) is 87.3 Å². The van der Waals surface area contributed by atoms with Crippen molar-refractivity contribution >= 4 is 61.2 Å². The Labute approximate surface area is 202 Å². The molecular formula is C24H20N4O2S3. The number of rotatable bonds is 7. The van der Waals surface area contributed by atoms with Gasteiger partial charge in [-0.3, -0.25) is 14.0 Å². The maximum absolute atomic E-state index is 12.4. The van der Waals surface area contributed by atoms with Crippen molar-refractivity contribution in [2.75, 3.05) is 5.32 Å². The number of anilines is 1. The molecule has 0 aliphatic carbocycles. The molecule has 0 unspecified atom stereocenters. The van der Waals surface area contributed by atoms with E-state index in [2.05, 4.69) is 15.3 Å². The van der Waals surface area contributed by atoms with E-state index in [1.807, 2.05) is 60.8 Å². The zero-order chi connectivity index (χ0) is 22.8. The SMILES string of the molecule is Cc1csc2nc(CSc3nc4ccc(NC(=O)CCc5ccccc5)cc4s3)cc(=O)n12. The third-order valence-electron chi connectivity index (χ3n) is 5.11. The molecule has 0 aliphatic rings. The van der Waals surface area contributed by atoms with Crippen molar-refractivity contribution < 1.29 is 4.79 Å². The van der Waals surface area contributed by atoms with Crippen molar-refractivity contribution in [2.45, 2.75) is 29.9 Å². The number of amides is 1. The van der Waals surface area contributed by atoms with E-state index in [1.54, 1.807) is 33.6 Å². The second kappa shape index (κ2) is 9.46. The lowest BCUT2D eigenvalue weighted by Gasteiger charge is -2.05. The number of nitrogens with zero attached hydrogens (tertiary/aromatic N) is 3. The van der Waals surface area contributed by atoms with Crippen LogP contribution in [0.2, 0.25) is 0 Å². The lowest BCUT2D eigenvalue weighted by Crippen LogP contribution is -2.14. The number of hydrogen-bond acceptors (Lipinski definition) is 7. The van der Waals surface area contributed by atoms with E-state index in [-0.39, 0.29) is 11.5 Å². The normalized spacial score (nSPS) is 11.3. The summed E-state index contributed by atoms with van der Waals surface area (Å²) in [6, 6.07) is 17.4. The minimum Gasteiger partial charge on any atom is -0.326 e. The van der Waals surface area contributed by atoms with E-state index in [9.17, 15) is 9.59 Å². The van der Waals surface area contributed by atoms with E-state index >= 15 is 0 Å². The van der Waals surface area contributed by atoms with Gasteiger partial charge in [-0.15, -0.1) is 22.7 Å². The predicted octanol–water partition coefficient (Wildman–Crippen LogP) is 5.54. The van der Waals surface area contributed by atoms with Gasteiger partial charge in [0.2, 0.25) is 5.91 Å². The number of hydrogen-bond donors (Lipinski definition) is 1. The van der Waals surface area contributed by atoms with Crippen molar-refractivity contribution in [2.24, 2.45) is 0 Å².